The van der Waals surface area contributed by atoms with Gasteiger partial charge in [-0.1, -0.05) is 40.2 Å². The normalized spacial score (nSPS) is 18.7. The van der Waals surface area contributed by atoms with Crippen molar-refractivity contribution in [2.45, 2.75) is 18.9 Å². The molecule has 1 fully saturated rings. The van der Waals surface area contributed by atoms with Crippen LogP contribution in [0.15, 0.2) is 77.3 Å². The number of anilines is 2. The van der Waals surface area contributed by atoms with E-state index in [9.17, 15) is 14.4 Å². The molecule has 0 saturated carbocycles. The summed E-state index contributed by atoms with van der Waals surface area (Å²) in [4.78, 5) is 39.5. The third kappa shape index (κ3) is 5.22. The first kappa shape index (κ1) is 23.1. The molecule has 0 aliphatic carbocycles. The summed E-state index contributed by atoms with van der Waals surface area (Å²) in [6, 6.07) is 21.7. The zero-order chi connectivity index (χ0) is 24.4. The van der Waals surface area contributed by atoms with Gasteiger partial charge in [-0.25, -0.2) is 4.79 Å². The van der Waals surface area contributed by atoms with Gasteiger partial charge in [-0.3, -0.25) is 9.59 Å². The standard InChI is InChI=1S/C27H23BrN2O5/c28-20-8-10-22(11-9-20)30-15-17(12-25(30)31)16-34-27(33)19-5-3-6-21(13-19)29-26(32)24-14-18-4-1-2-7-23(18)35-24/h1-11,13,17,24H,12,14-16H2,(H,29,32). The lowest BCUT2D eigenvalue weighted by atomic mass is 10.1. The highest BCUT2D eigenvalue weighted by atomic mass is 79.9. The molecule has 3 aromatic rings. The number of nitrogens with zero attached hydrogens (tertiary/aromatic N) is 1. The maximum atomic E-state index is 12.7. The lowest BCUT2D eigenvalue weighted by molar-refractivity contribution is -0.122. The molecule has 35 heavy (non-hydrogen) atoms. The predicted octanol–water partition coefficient (Wildman–Crippen LogP) is 4.60. The van der Waals surface area contributed by atoms with E-state index in [4.69, 9.17) is 9.47 Å². The highest BCUT2D eigenvalue weighted by molar-refractivity contribution is 9.10. The van der Waals surface area contributed by atoms with Crippen molar-refractivity contribution in [2.75, 3.05) is 23.4 Å². The van der Waals surface area contributed by atoms with E-state index in [1.807, 2.05) is 48.5 Å². The van der Waals surface area contributed by atoms with Crippen molar-refractivity contribution >= 4 is 45.1 Å². The van der Waals surface area contributed by atoms with Crippen molar-refractivity contribution in [3.8, 4) is 5.75 Å². The Kier molecular flexibility index (Phi) is 6.55. The molecule has 1 saturated heterocycles. The Bertz CT molecular complexity index is 1250. The topological polar surface area (TPSA) is 84.9 Å². The highest BCUT2D eigenvalue weighted by Crippen LogP contribution is 2.29. The molecule has 0 bridgehead atoms. The van der Waals surface area contributed by atoms with Crippen LogP contribution in [0, 0.1) is 5.92 Å². The Balaban J connectivity index is 1.15. The Morgan fingerprint density at radius 1 is 1.03 bits per heavy atom. The van der Waals surface area contributed by atoms with Crippen LogP contribution in [0.5, 0.6) is 5.75 Å². The average molecular weight is 535 g/mol. The van der Waals surface area contributed by atoms with Crippen LogP contribution in [-0.4, -0.2) is 37.0 Å². The van der Waals surface area contributed by atoms with Crippen molar-refractivity contribution in [2.24, 2.45) is 5.92 Å². The molecule has 2 unspecified atom stereocenters. The molecule has 8 heteroatoms. The Morgan fingerprint density at radius 2 is 1.83 bits per heavy atom. The number of amides is 2. The molecular weight excluding hydrogens is 512 g/mol. The van der Waals surface area contributed by atoms with Gasteiger partial charge in [0, 0.05) is 41.2 Å². The van der Waals surface area contributed by atoms with Crippen LogP contribution >= 0.6 is 15.9 Å². The summed E-state index contributed by atoms with van der Waals surface area (Å²) >= 11 is 3.39. The lowest BCUT2D eigenvalue weighted by Gasteiger charge is -2.17. The number of hydrogen-bond donors (Lipinski definition) is 1. The third-order valence-electron chi connectivity index (χ3n) is 6.10. The van der Waals surface area contributed by atoms with E-state index >= 15 is 0 Å². The lowest BCUT2D eigenvalue weighted by Crippen LogP contribution is -2.31. The van der Waals surface area contributed by atoms with Crippen molar-refractivity contribution in [3.63, 3.8) is 0 Å². The van der Waals surface area contributed by atoms with E-state index in [2.05, 4.69) is 21.2 Å². The van der Waals surface area contributed by atoms with Gasteiger partial charge >= 0.3 is 5.97 Å². The molecule has 7 nitrogen and oxygen atoms in total. The molecule has 0 radical (unpaired) electrons. The third-order valence-corrected chi connectivity index (χ3v) is 6.63. The van der Waals surface area contributed by atoms with Gasteiger partial charge in [0.1, 0.15) is 5.75 Å². The van der Waals surface area contributed by atoms with Gasteiger partial charge in [0.15, 0.2) is 6.10 Å². The number of benzene rings is 3. The Hall–Kier alpha value is -3.65. The monoisotopic (exact) mass is 534 g/mol. The van der Waals surface area contributed by atoms with Gasteiger partial charge in [-0.15, -0.1) is 0 Å². The van der Waals surface area contributed by atoms with Gasteiger partial charge in [0.25, 0.3) is 5.91 Å². The summed E-state index contributed by atoms with van der Waals surface area (Å²) in [6.07, 6.45) is 0.209. The summed E-state index contributed by atoms with van der Waals surface area (Å²) in [5.74, 6) is -0.132. The summed E-state index contributed by atoms with van der Waals surface area (Å²) < 4.78 is 12.2. The van der Waals surface area contributed by atoms with Crippen molar-refractivity contribution in [1.29, 1.82) is 0 Å². The number of halogens is 1. The molecule has 2 atom stereocenters. The molecule has 0 spiro atoms. The van der Waals surface area contributed by atoms with Crippen molar-refractivity contribution in [3.05, 3.63) is 88.4 Å². The maximum absolute atomic E-state index is 12.7. The minimum absolute atomic E-state index is 0.00867. The van der Waals surface area contributed by atoms with E-state index in [1.165, 1.54) is 0 Å². The molecule has 5 rings (SSSR count). The molecule has 2 amide bonds. The summed E-state index contributed by atoms with van der Waals surface area (Å²) in [5.41, 5.74) is 2.63. The van der Waals surface area contributed by atoms with E-state index < -0.39 is 12.1 Å². The number of carbonyl (C=O) groups is 3. The van der Waals surface area contributed by atoms with Gasteiger partial charge in [-0.2, -0.15) is 0 Å². The second-order valence-electron chi connectivity index (χ2n) is 8.64. The van der Waals surface area contributed by atoms with Crippen molar-refractivity contribution < 1.29 is 23.9 Å². The zero-order valence-electron chi connectivity index (χ0n) is 18.8. The van der Waals surface area contributed by atoms with Crippen LogP contribution in [0.3, 0.4) is 0 Å². The van der Waals surface area contributed by atoms with Crippen LogP contribution in [0.1, 0.15) is 22.3 Å². The fraction of sp³-hybridized carbons (Fsp3) is 0.222. The summed E-state index contributed by atoms with van der Waals surface area (Å²) in [7, 11) is 0. The quantitative estimate of drug-likeness (QED) is 0.467. The van der Waals surface area contributed by atoms with Gasteiger partial charge in [0.05, 0.1) is 12.2 Å². The van der Waals surface area contributed by atoms with E-state index in [0.29, 0.717) is 36.4 Å². The predicted molar refractivity (Wildman–Crippen MR) is 135 cm³/mol. The second-order valence-corrected chi connectivity index (χ2v) is 9.55. The molecule has 2 heterocycles. The first-order chi connectivity index (χ1) is 17.0. The van der Waals surface area contributed by atoms with E-state index in [0.717, 1.165) is 15.7 Å². The largest absolute Gasteiger partial charge is 0.480 e. The molecule has 2 aliphatic heterocycles. The minimum Gasteiger partial charge on any atom is -0.480 e. The van der Waals surface area contributed by atoms with Crippen LogP contribution in [0.2, 0.25) is 0 Å². The molecule has 178 valence electrons. The van der Waals surface area contributed by atoms with Crippen LogP contribution in [-0.2, 0) is 20.7 Å². The summed E-state index contributed by atoms with van der Waals surface area (Å²) in [6.45, 7) is 0.635. The smallest absolute Gasteiger partial charge is 0.338 e. The number of rotatable bonds is 6. The number of esters is 1. The van der Waals surface area contributed by atoms with Gasteiger partial charge in [-0.05, 0) is 54.1 Å². The SMILES string of the molecule is O=C(OCC1CC(=O)N(c2ccc(Br)cc2)C1)c1cccc(NC(=O)C2Cc3ccccc3O2)c1. The van der Waals surface area contributed by atoms with Crippen LogP contribution in [0.25, 0.3) is 0 Å². The minimum atomic E-state index is -0.614. The number of ether oxygens (including phenoxy) is 2. The molecule has 0 aromatic heterocycles. The van der Waals surface area contributed by atoms with E-state index in [1.54, 1.807) is 29.2 Å². The molecule has 1 N–H and O–H groups in total. The maximum Gasteiger partial charge on any atom is 0.338 e. The van der Waals surface area contributed by atoms with Crippen LogP contribution < -0.4 is 15.0 Å². The molecular formula is C27H23BrN2O5. The van der Waals surface area contributed by atoms with Crippen LogP contribution in [0.4, 0.5) is 11.4 Å². The Labute approximate surface area is 211 Å². The fourth-order valence-electron chi connectivity index (χ4n) is 4.32. The van der Waals surface area contributed by atoms with Gasteiger partial charge < -0.3 is 19.7 Å². The van der Waals surface area contributed by atoms with Crippen molar-refractivity contribution in [1.82, 2.24) is 0 Å². The second kappa shape index (κ2) is 9.92. The zero-order valence-corrected chi connectivity index (χ0v) is 20.4. The number of nitrogens with one attached hydrogen (secondary N) is 1. The number of hydrogen-bond acceptors (Lipinski definition) is 5. The van der Waals surface area contributed by atoms with Gasteiger partial charge in [0.2, 0.25) is 5.91 Å². The van der Waals surface area contributed by atoms with E-state index in [-0.39, 0.29) is 24.3 Å². The molecule has 3 aromatic carbocycles. The summed E-state index contributed by atoms with van der Waals surface area (Å²) in [5, 5.41) is 2.82. The molecule has 2 aliphatic rings. The number of para-hydroxylation sites is 1. The Morgan fingerprint density at radius 3 is 2.63 bits per heavy atom. The number of carbonyl (C=O) groups excluding carboxylic acids is 3. The highest BCUT2D eigenvalue weighted by Gasteiger charge is 2.32. The average Bonchev–Trinajstić information content (AvgIpc) is 3.47. The number of fused-ring (bicyclic) bond motifs is 1. The first-order valence-corrected chi connectivity index (χ1v) is 12.1. The first-order valence-electron chi connectivity index (χ1n) is 11.3. The fourth-order valence-corrected chi connectivity index (χ4v) is 4.58.